The minimum absolute atomic E-state index is 0.0161. The Balaban J connectivity index is 1.21. The molecule has 1 aromatic carbocycles. The van der Waals surface area contributed by atoms with E-state index in [2.05, 4.69) is 31.9 Å². The number of aromatic nitrogens is 4. The highest BCUT2D eigenvalue weighted by Crippen LogP contribution is 2.28. The number of nitrogens with two attached hydrogens (primary N) is 1. The molecule has 0 saturated carbocycles. The summed E-state index contributed by atoms with van der Waals surface area (Å²) in [6.07, 6.45) is 4.66. The molecular weight excluding hydrogens is 492 g/mol. The van der Waals surface area contributed by atoms with Crippen LogP contribution in [0.25, 0.3) is 11.6 Å². The van der Waals surface area contributed by atoms with Crippen LogP contribution in [-0.2, 0) is 0 Å². The van der Waals surface area contributed by atoms with Gasteiger partial charge in [0.1, 0.15) is 11.5 Å². The van der Waals surface area contributed by atoms with E-state index >= 15 is 0 Å². The molecule has 5 rings (SSSR count). The maximum Gasteiger partial charge on any atom is 0.267 e. The van der Waals surface area contributed by atoms with Crippen LogP contribution in [0.1, 0.15) is 48.1 Å². The van der Waals surface area contributed by atoms with Crippen molar-refractivity contribution in [1.82, 2.24) is 30.0 Å². The van der Waals surface area contributed by atoms with Gasteiger partial charge in [0.15, 0.2) is 0 Å². The third-order valence-corrected chi connectivity index (χ3v) is 7.66. The highest BCUT2D eigenvalue weighted by atomic mass is 35.5. The van der Waals surface area contributed by atoms with Crippen molar-refractivity contribution in [2.75, 3.05) is 43.4 Å². The molecule has 2 N–H and O–H groups in total. The molecule has 2 fully saturated rings. The third kappa shape index (κ3) is 5.26. The Morgan fingerprint density at radius 2 is 1.95 bits per heavy atom. The summed E-state index contributed by atoms with van der Waals surface area (Å²) in [6, 6.07) is 5.94. The molecule has 1 atom stereocenters. The molecule has 0 radical (unpaired) electrons. The van der Waals surface area contributed by atoms with Gasteiger partial charge in [-0.25, -0.2) is 9.97 Å². The standard InChI is InChI=1S/C26H33ClN8O2/c1-4-19-15-34(24-16(2)30-23(14-29-24)25-32-31-17(3)37-25)11-12-35(19)20-7-9-33(10-8-20)26(36)21-6-5-18(27)13-22(21)28/h5-6,13-14,19-20H,4,7-12,15,28H2,1-3H3/t19-/m0/s1. The number of nitrogen functional groups attached to an aromatic ring is 1. The number of carbonyl (C=O) groups is 1. The summed E-state index contributed by atoms with van der Waals surface area (Å²) in [5.74, 6) is 1.78. The van der Waals surface area contributed by atoms with E-state index in [1.54, 1.807) is 31.3 Å². The number of piperidine rings is 1. The number of carbonyl (C=O) groups excluding carboxylic acids is 1. The van der Waals surface area contributed by atoms with Crippen LogP contribution in [0.5, 0.6) is 0 Å². The quantitative estimate of drug-likeness (QED) is 0.499. The van der Waals surface area contributed by atoms with Crippen LogP contribution in [0.3, 0.4) is 0 Å². The van der Waals surface area contributed by atoms with E-state index in [0.717, 1.165) is 63.5 Å². The molecule has 0 spiro atoms. The number of anilines is 2. The zero-order valence-corrected chi connectivity index (χ0v) is 22.3. The molecule has 2 aromatic heterocycles. The number of piperazine rings is 1. The second-order valence-corrected chi connectivity index (χ2v) is 10.2. The minimum atomic E-state index is -0.0161. The smallest absolute Gasteiger partial charge is 0.267 e. The summed E-state index contributed by atoms with van der Waals surface area (Å²) in [5.41, 5.74) is 8.46. The van der Waals surface area contributed by atoms with Gasteiger partial charge in [-0.1, -0.05) is 18.5 Å². The molecule has 11 heteroatoms. The molecule has 4 heterocycles. The molecule has 0 bridgehead atoms. The Morgan fingerprint density at radius 3 is 2.59 bits per heavy atom. The maximum atomic E-state index is 13.0. The van der Waals surface area contributed by atoms with Gasteiger partial charge >= 0.3 is 0 Å². The summed E-state index contributed by atoms with van der Waals surface area (Å²) >= 11 is 6.00. The Hall–Kier alpha value is -3.24. The first-order chi connectivity index (χ1) is 17.8. The predicted octanol–water partition coefficient (Wildman–Crippen LogP) is 3.58. The van der Waals surface area contributed by atoms with E-state index < -0.39 is 0 Å². The zero-order chi connectivity index (χ0) is 26.1. The van der Waals surface area contributed by atoms with Crippen LogP contribution < -0.4 is 10.6 Å². The van der Waals surface area contributed by atoms with Gasteiger partial charge in [0, 0.05) is 62.4 Å². The summed E-state index contributed by atoms with van der Waals surface area (Å²) in [7, 11) is 0. The highest BCUT2D eigenvalue weighted by molar-refractivity contribution is 6.31. The molecular formula is C26H33ClN8O2. The molecule has 0 aliphatic carbocycles. The second-order valence-electron chi connectivity index (χ2n) is 9.79. The lowest BCUT2D eigenvalue weighted by atomic mass is 9.97. The summed E-state index contributed by atoms with van der Waals surface area (Å²) in [5, 5.41) is 8.47. The van der Waals surface area contributed by atoms with Gasteiger partial charge in [0.2, 0.25) is 5.89 Å². The average molecular weight is 525 g/mol. The number of halogens is 1. The van der Waals surface area contributed by atoms with Crippen LogP contribution in [0.15, 0.2) is 28.8 Å². The van der Waals surface area contributed by atoms with E-state index in [1.807, 2.05) is 11.8 Å². The number of nitrogens with zero attached hydrogens (tertiary/aromatic N) is 7. The fraction of sp³-hybridized carbons (Fsp3) is 0.500. The van der Waals surface area contributed by atoms with E-state index in [9.17, 15) is 4.79 Å². The normalized spacial score (nSPS) is 19.4. The largest absolute Gasteiger partial charge is 0.420 e. The number of hydrogen-bond acceptors (Lipinski definition) is 9. The van der Waals surface area contributed by atoms with Gasteiger partial charge in [-0.15, -0.1) is 10.2 Å². The molecule has 37 heavy (non-hydrogen) atoms. The Bertz CT molecular complexity index is 1270. The van der Waals surface area contributed by atoms with E-state index in [-0.39, 0.29) is 5.91 Å². The van der Waals surface area contributed by atoms with Crippen molar-refractivity contribution in [3.05, 3.63) is 46.6 Å². The molecule has 196 valence electrons. The first-order valence-electron chi connectivity index (χ1n) is 12.8. The number of amides is 1. The predicted molar refractivity (Wildman–Crippen MR) is 143 cm³/mol. The lowest BCUT2D eigenvalue weighted by molar-refractivity contribution is 0.0491. The van der Waals surface area contributed by atoms with E-state index in [1.165, 1.54) is 0 Å². The van der Waals surface area contributed by atoms with Crippen molar-refractivity contribution in [2.24, 2.45) is 0 Å². The average Bonchev–Trinajstić information content (AvgIpc) is 3.34. The van der Waals surface area contributed by atoms with Gasteiger partial charge in [0.25, 0.3) is 11.8 Å². The molecule has 3 aromatic rings. The Kier molecular flexibility index (Phi) is 7.30. The van der Waals surface area contributed by atoms with Gasteiger partial charge in [-0.2, -0.15) is 0 Å². The van der Waals surface area contributed by atoms with Crippen LogP contribution in [0.4, 0.5) is 11.5 Å². The van der Waals surface area contributed by atoms with E-state index in [0.29, 0.717) is 45.8 Å². The van der Waals surface area contributed by atoms with Crippen LogP contribution in [0, 0.1) is 13.8 Å². The van der Waals surface area contributed by atoms with Crippen LogP contribution in [-0.4, -0.2) is 80.7 Å². The van der Waals surface area contributed by atoms with E-state index in [4.69, 9.17) is 26.7 Å². The summed E-state index contributed by atoms with van der Waals surface area (Å²) in [6.45, 7) is 10.1. The first kappa shape index (κ1) is 25.4. The molecule has 10 nitrogen and oxygen atoms in total. The number of benzene rings is 1. The van der Waals surface area contributed by atoms with Gasteiger partial charge in [0.05, 0.1) is 17.5 Å². The van der Waals surface area contributed by atoms with Crippen molar-refractivity contribution in [3.8, 4) is 11.6 Å². The van der Waals surface area contributed by atoms with Crippen molar-refractivity contribution in [3.63, 3.8) is 0 Å². The van der Waals surface area contributed by atoms with Crippen LogP contribution in [0.2, 0.25) is 5.02 Å². The number of likely N-dealkylation sites (tertiary alicyclic amines) is 1. The topological polar surface area (TPSA) is 118 Å². The van der Waals surface area contributed by atoms with Gasteiger partial charge < -0.3 is 20.0 Å². The Morgan fingerprint density at radius 1 is 1.16 bits per heavy atom. The second kappa shape index (κ2) is 10.6. The summed E-state index contributed by atoms with van der Waals surface area (Å²) < 4.78 is 5.50. The van der Waals surface area contributed by atoms with Crippen LogP contribution >= 0.6 is 11.6 Å². The lowest BCUT2D eigenvalue weighted by Crippen LogP contribution is -2.59. The highest BCUT2D eigenvalue weighted by Gasteiger charge is 2.35. The summed E-state index contributed by atoms with van der Waals surface area (Å²) in [4.78, 5) is 29.3. The SMILES string of the molecule is CC[C@H]1CN(c2ncc(-c3nnc(C)o3)nc2C)CCN1C1CCN(C(=O)c2ccc(Cl)cc2N)CC1. The monoisotopic (exact) mass is 524 g/mol. The molecule has 0 unspecified atom stereocenters. The van der Waals surface area contributed by atoms with Crippen molar-refractivity contribution in [1.29, 1.82) is 0 Å². The fourth-order valence-electron chi connectivity index (χ4n) is 5.49. The van der Waals surface area contributed by atoms with Crippen molar-refractivity contribution in [2.45, 2.75) is 52.1 Å². The molecule has 2 aliphatic heterocycles. The fourth-order valence-corrected chi connectivity index (χ4v) is 5.67. The molecule has 1 amide bonds. The number of rotatable bonds is 5. The minimum Gasteiger partial charge on any atom is -0.420 e. The molecule has 2 saturated heterocycles. The molecule has 2 aliphatic rings. The zero-order valence-electron chi connectivity index (χ0n) is 21.5. The number of aryl methyl sites for hydroxylation is 2. The van der Waals surface area contributed by atoms with Crippen molar-refractivity contribution >= 4 is 29.0 Å². The van der Waals surface area contributed by atoms with Gasteiger partial charge in [-0.3, -0.25) is 9.69 Å². The third-order valence-electron chi connectivity index (χ3n) is 7.43. The van der Waals surface area contributed by atoms with Crippen molar-refractivity contribution < 1.29 is 9.21 Å². The maximum absolute atomic E-state index is 13.0. The first-order valence-corrected chi connectivity index (χ1v) is 13.2. The number of hydrogen-bond donors (Lipinski definition) is 1. The van der Waals surface area contributed by atoms with Gasteiger partial charge in [-0.05, 0) is 44.4 Å². The lowest BCUT2D eigenvalue weighted by Gasteiger charge is -2.47. The Labute approximate surface area is 221 Å².